The Kier molecular flexibility index (Phi) is 5.74. The van der Waals surface area contributed by atoms with Crippen LogP contribution in [0.25, 0.3) is 10.8 Å². The summed E-state index contributed by atoms with van der Waals surface area (Å²) in [5.41, 5.74) is 0. The van der Waals surface area contributed by atoms with E-state index in [4.69, 9.17) is 4.74 Å². The SMILES string of the molecule is CC(C)CN1CCOC(CNS(=O)(=O)c2ccc3ccccc3c2)C1. The molecule has 0 aliphatic carbocycles. The summed E-state index contributed by atoms with van der Waals surface area (Å²) in [4.78, 5) is 2.63. The first-order valence-corrected chi connectivity index (χ1v) is 10.2. The largest absolute Gasteiger partial charge is 0.374 e. The molecule has 0 radical (unpaired) electrons. The van der Waals surface area contributed by atoms with Gasteiger partial charge in [0.2, 0.25) is 10.0 Å². The summed E-state index contributed by atoms with van der Waals surface area (Å²) < 4.78 is 33.6. The highest BCUT2D eigenvalue weighted by atomic mass is 32.2. The van der Waals surface area contributed by atoms with Gasteiger partial charge < -0.3 is 4.74 Å². The van der Waals surface area contributed by atoms with Gasteiger partial charge in [0.1, 0.15) is 0 Å². The van der Waals surface area contributed by atoms with Crippen molar-refractivity contribution in [2.75, 3.05) is 32.8 Å². The van der Waals surface area contributed by atoms with Gasteiger partial charge in [-0.3, -0.25) is 4.90 Å². The minimum absolute atomic E-state index is 0.109. The number of morpholine rings is 1. The van der Waals surface area contributed by atoms with Crippen LogP contribution >= 0.6 is 0 Å². The molecule has 136 valence electrons. The number of rotatable bonds is 6. The number of hydrogen-bond donors (Lipinski definition) is 1. The molecule has 1 unspecified atom stereocenters. The Labute approximate surface area is 150 Å². The van der Waals surface area contributed by atoms with Crippen LogP contribution in [0.15, 0.2) is 47.4 Å². The maximum Gasteiger partial charge on any atom is 0.240 e. The van der Waals surface area contributed by atoms with Gasteiger partial charge in [-0.05, 0) is 28.8 Å². The van der Waals surface area contributed by atoms with Crippen molar-refractivity contribution in [3.63, 3.8) is 0 Å². The van der Waals surface area contributed by atoms with Gasteiger partial charge in [0.25, 0.3) is 0 Å². The number of hydrogen-bond acceptors (Lipinski definition) is 4. The van der Waals surface area contributed by atoms with E-state index in [2.05, 4.69) is 23.5 Å². The quantitative estimate of drug-likeness (QED) is 0.858. The molecule has 2 aromatic rings. The van der Waals surface area contributed by atoms with Crippen molar-refractivity contribution in [3.05, 3.63) is 42.5 Å². The van der Waals surface area contributed by atoms with Crippen molar-refractivity contribution >= 4 is 20.8 Å². The Balaban J connectivity index is 1.64. The molecule has 1 saturated heterocycles. The molecule has 0 aromatic heterocycles. The molecule has 0 amide bonds. The van der Waals surface area contributed by atoms with Crippen LogP contribution in [0.1, 0.15) is 13.8 Å². The molecule has 1 atom stereocenters. The summed E-state index contributed by atoms with van der Waals surface area (Å²) in [6.07, 6.45) is -0.109. The summed E-state index contributed by atoms with van der Waals surface area (Å²) in [6.45, 7) is 8.00. The predicted octanol–water partition coefficient (Wildman–Crippen LogP) is 2.47. The second-order valence-electron chi connectivity index (χ2n) is 7.01. The van der Waals surface area contributed by atoms with E-state index in [0.717, 1.165) is 30.4 Å². The van der Waals surface area contributed by atoms with Crippen molar-refractivity contribution in [2.45, 2.75) is 24.8 Å². The number of ether oxygens (including phenoxy) is 1. The Morgan fingerprint density at radius 3 is 2.72 bits per heavy atom. The molecular weight excluding hydrogens is 336 g/mol. The Morgan fingerprint density at radius 1 is 1.20 bits per heavy atom. The third-order valence-electron chi connectivity index (χ3n) is 4.38. The fraction of sp³-hybridized carbons (Fsp3) is 0.474. The lowest BCUT2D eigenvalue weighted by Gasteiger charge is -2.33. The number of nitrogens with one attached hydrogen (secondary N) is 1. The fourth-order valence-corrected chi connectivity index (χ4v) is 4.31. The van der Waals surface area contributed by atoms with Crippen LogP contribution in [0.4, 0.5) is 0 Å². The second kappa shape index (κ2) is 7.83. The number of nitrogens with zero attached hydrogens (tertiary/aromatic N) is 1. The predicted molar refractivity (Wildman–Crippen MR) is 100 cm³/mol. The second-order valence-corrected chi connectivity index (χ2v) is 8.77. The van der Waals surface area contributed by atoms with Gasteiger partial charge in [-0.2, -0.15) is 0 Å². The summed E-state index contributed by atoms with van der Waals surface area (Å²) in [5.74, 6) is 0.591. The van der Waals surface area contributed by atoms with Crippen LogP contribution < -0.4 is 4.72 Å². The first-order valence-electron chi connectivity index (χ1n) is 8.76. The van der Waals surface area contributed by atoms with Gasteiger partial charge in [-0.15, -0.1) is 0 Å². The summed E-state index contributed by atoms with van der Waals surface area (Å²) >= 11 is 0. The first-order chi connectivity index (χ1) is 11.9. The molecule has 0 bridgehead atoms. The monoisotopic (exact) mass is 362 g/mol. The van der Waals surface area contributed by atoms with Gasteiger partial charge in [0.15, 0.2) is 0 Å². The van der Waals surface area contributed by atoms with E-state index in [-0.39, 0.29) is 6.10 Å². The van der Waals surface area contributed by atoms with Gasteiger partial charge in [0, 0.05) is 26.2 Å². The minimum atomic E-state index is -3.54. The fourth-order valence-electron chi connectivity index (χ4n) is 3.21. The first kappa shape index (κ1) is 18.3. The lowest BCUT2D eigenvalue weighted by molar-refractivity contribution is -0.0280. The molecule has 1 aliphatic rings. The lowest BCUT2D eigenvalue weighted by atomic mass is 10.1. The Morgan fingerprint density at radius 2 is 1.96 bits per heavy atom. The van der Waals surface area contributed by atoms with Crippen LogP contribution in [-0.2, 0) is 14.8 Å². The number of sulfonamides is 1. The average Bonchev–Trinajstić information content (AvgIpc) is 2.59. The molecule has 1 heterocycles. The topological polar surface area (TPSA) is 58.6 Å². The van der Waals surface area contributed by atoms with E-state index in [1.54, 1.807) is 12.1 Å². The maximum atomic E-state index is 12.6. The van der Waals surface area contributed by atoms with E-state index in [9.17, 15) is 8.42 Å². The van der Waals surface area contributed by atoms with E-state index in [0.29, 0.717) is 24.0 Å². The molecule has 25 heavy (non-hydrogen) atoms. The van der Waals surface area contributed by atoms with Crippen LogP contribution in [0.3, 0.4) is 0 Å². The zero-order valence-electron chi connectivity index (χ0n) is 14.8. The molecular formula is C19H26N2O3S. The lowest BCUT2D eigenvalue weighted by Crippen LogP contribution is -2.48. The van der Waals surface area contributed by atoms with E-state index in [1.165, 1.54) is 0 Å². The van der Waals surface area contributed by atoms with Crippen molar-refractivity contribution in [1.29, 1.82) is 0 Å². The van der Waals surface area contributed by atoms with E-state index >= 15 is 0 Å². The van der Waals surface area contributed by atoms with Crippen molar-refractivity contribution in [1.82, 2.24) is 9.62 Å². The summed E-state index contributed by atoms with van der Waals surface area (Å²) in [7, 11) is -3.54. The van der Waals surface area contributed by atoms with Gasteiger partial charge in [-0.1, -0.05) is 44.2 Å². The Hall–Kier alpha value is -1.47. The zero-order valence-corrected chi connectivity index (χ0v) is 15.6. The number of fused-ring (bicyclic) bond motifs is 1. The van der Waals surface area contributed by atoms with Crippen molar-refractivity contribution in [3.8, 4) is 0 Å². The van der Waals surface area contributed by atoms with Crippen LogP contribution in [-0.4, -0.2) is 52.2 Å². The zero-order chi connectivity index (χ0) is 17.9. The maximum absolute atomic E-state index is 12.6. The smallest absolute Gasteiger partial charge is 0.240 e. The van der Waals surface area contributed by atoms with Crippen LogP contribution in [0, 0.1) is 5.92 Å². The van der Waals surface area contributed by atoms with Gasteiger partial charge in [-0.25, -0.2) is 13.1 Å². The highest BCUT2D eigenvalue weighted by molar-refractivity contribution is 7.89. The van der Waals surface area contributed by atoms with Crippen molar-refractivity contribution in [2.24, 2.45) is 5.92 Å². The standard InChI is InChI=1S/C19H26N2O3S/c1-15(2)13-21-9-10-24-18(14-21)12-20-25(22,23)19-8-7-16-5-3-4-6-17(16)11-19/h3-8,11,15,18,20H,9-10,12-14H2,1-2H3. The minimum Gasteiger partial charge on any atom is -0.374 e. The molecule has 6 heteroatoms. The van der Waals surface area contributed by atoms with Crippen LogP contribution in [0.5, 0.6) is 0 Å². The number of benzene rings is 2. The summed E-state index contributed by atoms with van der Waals surface area (Å²) in [5, 5.41) is 1.95. The third kappa shape index (κ3) is 4.79. The van der Waals surface area contributed by atoms with E-state index < -0.39 is 10.0 Å². The van der Waals surface area contributed by atoms with E-state index in [1.807, 2.05) is 30.3 Å². The molecule has 0 spiro atoms. The highest BCUT2D eigenvalue weighted by Crippen LogP contribution is 2.19. The molecule has 3 rings (SSSR count). The average molecular weight is 362 g/mol. The molecule has 0 saturated carbocycles. The summed E-state index contributed by atoms with van der Waals surface area (Å²) in [6, 6.07) is 12.9. The molecule has 5 nitrogen and oxygen atoms in total. The normalized spacial score (nSPS) is 19.6. The molecule has 1 N–H and O–H groups in total. The third-order valence-corrected chi connectivity index (χ3v) is 5.80. The Bertz CT molecular complexity index is 820. The molecule has 1 fully saturated rings. The van der Waals surface area contributed by atoms with Gasteiger partial charge >= 0.3 is 0 Å². The van der Waals surface area contributed by atoms with Crippen molar-refractivity contribution < 1.29 is 13.2 Å². The molecule has 2 aromatic carbocycles. The molecule has 1 aliphatic heterocycles. The van der Waals surface area contributed by atoms with Gasteiger partial charge in [0.05, 0.1) is 17.6 Å². The van der Waals surface area contributed by atoms with Crippen LogP contribution in [0.2, 0.25) is 0 Å². The highest BCUT2D eigenvalue weighted by Gasteiger charge is 2.23.